The molecular weight excluding hydrogens is 615 g/mol. The Balaban J connectivity index is 1.44. The number of hydrogen-bond acceptors (Lipinski definition) is 13. The van der Waals surface area contributed by atoms with Gasteiger partial charge < -0.3 is 14.0 Å². The minimum absolute atomic E-state index is 0.198. The highest BCUT2D eigenvalue weighted by Crippen LogP contribution is 2.53. The van der Waals surface area contributed by atoms with Crippen LogP contribution in [0.3, 0.4) is 0 Å². The fourth-order valence-electron chi connectivity index (χ4n) is 4.32. The second-order valence-corrected chi connectivity index (χ2v) is 13.5. The van der Waals surface area contributed by atoms with E-state index in [4.69, 9.17) is 30.5 Å². The molecule has 0 atom stereocenters. The van der Waals surface area contributed by atoms with E-state index in [1.54, 1.807) is 84.6 Å². The fraction of sp³-hybridized carbons (Fsp3) is 0.111. The largest absolute Gasteiger partial charge is 0.495 e. The summed E-state index contributed by atoms with van der Waals surface area (Å²) < 4.78 is 18.1. The molecule has 0 fully saturated rings. The lowest BCUT2D eigenvalue weighted by Gasteiger charge is -1.99. The van der Waals surface area contributed by atoms with E-state index >= 15 is 0 Å². The summed E-state index contributed by atoms with van der Waals surface area (Å²) in [5.41, 5.74) is 1.87. The molecule has 0 radical (unpaired) electrons. The molecule has 0 aliphatic rings. The van der Waals surface area contributed by atoms with E-state index in [0.717, 1.165) is 35.2 Å². The molecule has 0 aliphatic heterocycles. The molecule has 0 aliphatic carbocycles. The van der Waals surface area contributed by atoms with Crippen LogP contribution in [-0.4, -0.2) is 30.2 Å². The number of hydrogen-bond donors (Lipinski definition) is 0. The Morgan fingerprint density at radius 1 is 0.683 bits per heavy atom. The van der Waals surface area contributed by atoms with Crippen LogP contribution >= 0.6 is 56.7 Å². The van der Waals surface area contributed by atoms with Gasteiger partial charge in [0.15, 0.2) is 0 Å². The van der Waals surface area contributed by atoms with Gasteiger partial charge in [0.05, 0.1) is 58.9 Å². The Kier molecular flexibility index (Phi) is 6.80. The SMILES string of the molecule is COc1cc(N=C(C#N)C#N)sc1-c1cc2c(s1)c1sc3cc(-c4sc(N=C(C#N)C#N)cc4OC)sc3c1n2C. The smallest absolute Gasteiger partial charge is 0.219 e. The molecule has 0 saturated heterocycles. The van der Waals surface area contributed by atoms with Gasteiger partial charge in [-0.2, -0.15) is 21.0 Å². The molecule has 198 valence electrons. The van der Waals surface area contributed by atoms with Gasteiger partial charge in [-0.15, -0.1) is 56.7 Å². The Morgan fingerprint density at radius 3 is 1.71 bits per heavy atom. The monoisotopic (exact) mass is 627 g/mol. The van der Waals surface area contributed by atoms with Crippen molar-refractivity contribution in [3.8, 4) is 55.3 Å². The van der Waals surface area contributed by atoms with Crippen molar-refractivity contribution < 1.29 is 9.47 Å². The third kappa shape index (κ3) is 4.36. The number of aliphatic imine (C=N–C) groups is 2. The minimum atomic E-state index is -0.199. The first-order chi connectivity index (χ1) is 19.9. The normalized spacial score (nSPS) is 10.7. The Hall–Kier alpha value is -4.54. The Labute approximate surface area is 252 Å². The topological polar surface area (TPSA) is 143 Å². The first-order valence-corrected chi connectivity index (χ1v) is 15.6. The van der Waals surface area contributed by atoms with Gasteiger partial charge in [0.1, 0.15) is 45.8 Å². The number of rotatable bonds is 6. The molecule has 41 heavy (non-hydrogen) atoms. The summed E-state index contributed by atoms with van der Waals surface area (Å²) in [5, 5.41) is 37.4. The number of ether oxygens (including phenoxy) is 2. The van der Waals surface area contributed by atoms with E-state index < -0.39 is 0 Å². The number of aromatic nitrogens is 1. The molecule has 14 heteroatoms. The van der Waals surface area contributed by atoms with Crippen LogP contribution < -0.4 is 9.47 Å². The molecule has 0 bridgehead atoms. The molecular formula is C27H13N7O2S5. The highest BCUT2D eigenvalue weighted by atomic mass is 32.1. The van der Waals surface area contributed by atoms with E-state index in [1.807, 2.05) is 0 Å². The zero-order valence-corrected chi connectivity index (χ0v) is 25.4. The number of fused-ring (bicyclic) bond motifs is 5. The lowest BCUT2D eigenvalue weighted by atomic mass is 10.3. The standard InChI is InChI=1S/C27H13N7O2S5/c1-34-14-4-17(24-15(35-2)5-20(40-24)32-12(8-28)9-29)37-23(14)27-22(34)26-19(39-27)7-18(38-26)25-16(36-3)6-21(41-25)33-13(10-30)11-31/h4-7H,1-3H3. The predicted octanol–water partition coefficient (Wildman–Crippen LogP) is 8.38. The van der Waals surface area contributed by atoms with Crippen molar-refractivity contribution in [2.24, 2.45) is 17.0 Å². The first-order valence-electron chi connectivity index (χ1n) is 11.5. The average molecular weight is 628 g/mol. The highest BCUT2D eigenvalue weighted by molar-refractivity contribution is 7.38. The number of nitriles is 4. The number of aryl methyl sites for hydroxylation is 1. The zero-order valence-electron chi connectivity index (χ0n) is 21.3. The second-order valence-electron chi connectivity index (χ2n) is 8.30. The third-order valence-electron chi connectivity index (χ3n) is 6.08. The third-order valence-corrected chi connectivity index (χ3v) is 12.1. The molecule has 6 heterocycles. The van der Waals surface area contributed by atoms with Crippen molar-refractivity contribution in [3.63, 3.8) is 0 Å². The molecule has 6 aromatic rings. The van der Waals surface area contributed by atoms with Crippen LogP contribution in [0.2, 0.25) is 0 Å². The molecule has 9 nitrogen and oxygen atoms in total. The van der Waals surface area contributed by atoms with Crippen LogP contribution in [-0.2, 0) is 7.05 Å². The number of methoxy groups -OCH3 is 2. The molecule has 0 saturated carbocycles. The molecule has 0 spiro atoms. The van der Waals surface area contributed by atoms with Crippen LogP contribution in [0.5, 0.6) is 11.5 Å². The predicted molar refractivity (Wildman–Crippen MR) is 168 cm³/mol. The number of nitrogens with zero attached hydrogens (tertiary/aromatic N) is 7. The van der Waals surface area contributed by atoms with Gasteiger partial charge in [0.25, 0.3) is 0 Å². The van der Waals surface area contributed by atoms with Crippen molar-refractivity contribution in [1.29, 1.82) is 21.0 Å². The fourth-order valence-corrected chi connectivity index (χ4v) is 10.6. The quantitative estimate of drug-likeness (QED) is 0.170. The van der Waals surface area contributed by atoms with Crippen LogP contribution in [0.1, 0.15) is 0 Å². The summed E-state index contributed by atoms with van der Waals surface area (Å²) in [6.07, 6.45) is 0. The molecule has 0 amide bonds. The van der Waals surface area contributed by atoms with Crippen molar-refractivity contribution in [2.75, 3.05) is 14.2 Å². The lowest BCUT2D eigenvalue weighted by Crippen LogP contribution is -1.84. The second kappa shape index (κ2) is 10.5. The lowest BCUT2D eigenvalue weighted by molar-refractivity contribution is 0.418. The van der Waals surface area contributed by atoms with Gasteiger partial charge in [0, 0.05) is 23.9 Å². The maximum Gasteiger partial charge on any atom is 0.219 e. The molecule has 6 rings (SSSR count). The van der Waals surface area contributed by atoms with E-state index in [1.165, 1.54) is 36.8 Å². The van der Waals surface area contributed by atoms with E-state index in [0.29, 0.717) is 21.5 Å². The number of thiophene rings is 5. The summed E-state index contributed by atoms with van der Waals surface area (Å²) in [7, 11) is 5.24. The van der Waals surface area contributed by atoms with E-state index in [-0.39, 0.29) is 11.4 Å². The molecule has 0 unspecified atom stereocenters. The Morgan fingerprint density at radius 2 is 1.20 bits per heavy atom. The highest BCUT2D eigenvalue weighted by Gasteiger charge is 2.23. The summed E-state index contributed by atoms with van der Waals surface area (Å²) in [6.45, 7) is 0. The van der Waals surface area contributed by atoms with Gasteiger partial charge in [-0.05, 0) is 12.1 Å². The maximum absolute atomic E-state index is 9.08. The molecule has 6 aromatic heterocycles. The van der Waals surface area contributed by atoms with Crippen molar-refractivity contribution >= 4 is 108 Å². The van der Waals surface area contributed by atoms with E-state index in [9.17, 15) is 0 Å². The van der Waals surface area contributed by atoms with Gasteiger partial charge in [-0.3, -0.25) is 0 Å². The summed E-state index contributed by atoms with van der Waals surface area (Å²) in [6, 6.07) is 15.0. The maximum atomic E-state index is 9.08. The van der Waals surface area contributed by atoms with Crippen LogP contribution in [0.25, 0.3) is 49.3 Å². The van der Waals surface area contributed by atoms with Crippen molar-refractivity contribution in [3.05, 3.63) is 24.3 Å². The van der Waals surface area contributed by atoms with Crippen molar-refractivity contribution in [1.82, 2.24) is 4.57 Å². The summed E-state index contributed by atoms with van der Waals surface area (Å²) >= 11 is 7.84. The van der Waals surface area contributed by atoms with E-state index in [2.05, 4.69) is 33.7 Å². The van der Waals surface area contributed by atoms with Gasteiger partial charge in [-0.25, -0.2) is 9.98 Å². The summed E-state index contributed by atoms with van der Waals surface area (Å²) in [4.78, 5) is 12.1. The van der Waals surface area contributed by atoms with Crippen LogP contribution in [0.4, 0.5) is 10.0 Å². The molecule has 0 N–H and O–H groups in total. The average Bonchev–Trinajstić information content (AvgIpc) is 3.81. The molecule has 0 aromatic carbocycles. The van der Waals surface area contributed by atoms with Crippen LogP contribution in [0, 0.1) is 45.3 Å². The Bertz CT molecular complexity index is 2220. The first kappa shape index (κ1) is 26.7. The summed E-state index contributed by atoms with van der Waals surface area (Å²) in [5.74, 6) is 1.30. The van der Waals surface area contributed by atoms with Gasteiger partial charge in [-0.1, -0.05) is 0 Å². The van der Waals surface area contributed by atoms with Gasteiger partial charge >= 0.3 is 0 Å². The van der Waals surface area contributed by atoms with Crippen LogP contribution in [0.15, 0.2) is 34.3 Å². The minimum Gasteiger partial charge on any atom is -0.495 e. The van der Waals surface area contributed by atoms with Gasteiger partial charge in [0.2, 0.25) is 11.4 Å². The van der Waals surface area contributed by atoms with Crippen molar-refractivity contribution in [2.45, 2.75) is 0 Å². The zero-order chi connectivity index (χ0) is 28.8.